The molecule has 0 radical (unpaired) electrons. The van der Waals surface area contributed by atoms with Crippen molar-refractivity contribution in [3.63, 3.8) is 0 Å². The fraction of sp³-hybridized carbons (Fsp3) is 0.459. The number of aromatic nitrogens is 2. The third kappa shape index (κ3) is 4.96. The first-order chi connectivity index (χ1) is 23.2. The van der Waals surface area contributed by atoms with Gasteiger partial charge in [0.1, 0.15) is 28.7 Å². The minimum atomic E-state index is -0.958. The second-order valence-electron chi connectivity index (χ2n) is 14.5. The number of halogens is 3. The average Bonchev–Trinajstić information content (AvgIpc) is 4.00. The molecule has 8 nitrogen and oxygen atoms in total. The molecule has 11 heteroatoms. The van der Waals surface area contributed by atoms with Crippen molar-refractivity contribution < 1.29 is 27.8 Å². The van der Waals surface area contributed by atoms with E-state index in [2.05, 4.69) is 26.0 Å². The summed E-state index contributed by atoms with van der Waals surface area (Å²) >= 11 is 0. The van der Waals surface area contributed by atoms with Crippen LogP contribution < -0.4 is 15.0 Å². The lowest BCUT2D eigenvalue weighted by Gasteiger charge is -2.38. The quantitative estimate of drug-likeness (QED) is 0.252. The number of piperazine rings is 1. The Morgan fingerprint density at radius 3 is 2.56 bits per heavy atom. The van der Waals surface area contributed by atoms with E-state index >= 15 is 8.78 Å². The molecule has 2 saturated carbocycles. The first-order valence-electron chi connectivity index (χ1n) is 16.8. The highest BCUT2D eigenvalue weighted by atomic mass is 19.1. The maximum absolute atomic E-state index is 16.9. The van der Waals surface area contributed by atoms with Crippen LogP contribution in [0, 0.1) is 35.2 Å². The van der Waals surface area contributed by atoms with Crippen molar-refractivity contribution in [1.82, 2.24) is 20.2 Å². The third-order valence-electron chi connectivity index (χ3n) is 11.2. The lowest BCUT2D eigenvalue weighted by molar-refractivity contribution is -0.0326. The molecule has 48 heavy (non-hydrogen) atoms. The zero-order valence-corrected chi connectivity index (χ0v) is 26.5. The van der Waals surface area contributed by atoms with E-state index < -0.39 is 23.0 Å². The van der Waals surface area contributed by atoms with Gasteiger partial charge in [-0.1, -0.05) is 12.0 Å². The Morgan fingerprint density at radius 2 is 1.83 bits per heavy atom. The number of nitrogens with zero attached hydrogens (tertiary/aromatic N) is 4. The first-order valence-corrected chi connectivity index (χ1v) is 16.8. The molecule has 248 valence electrons. The van der Waals surface area contributed by atoms with Crippen molar-refractivity contribution in [2.75, 3.05) is 50.9 Å². The molecule has 1 spiro atoms. The van der Waals surface area contributed by atoms with Crippen LogP contribution in [0.5, 0.6) is 11.8 Å². The highest BCUT2D eigenvalue weighted by Gasteiger charge is 2.54. The van der Waals surface area contributed by atoms with Crippen molar-refractivity contribution in [2.24, 2.45) is 5.41 Å². The van der Waals surface area contributed by atoms with Gasteiger partial charge in [0, 0.05) is 65.6 Å². The SMILES string of the molecule is C#Cc1c(F)ccc2cc(O)cc(-c3c(F)cc4c(N5CC6CCC(C5)N6)nc(OCC5(CN6CCOCC67CC7)CC5)nc4c3F)c12. The zero-order chi connectivity index (χ0) is 32.8. The molecule has 3 aliphatic heterocycles. The van der Waals surface area contributed by atoms with Crippen LogP contribution in [0.2, 0.25) is 0 Å². The van der Waals surface area contributed by atoms with Crippen molar-refractivity contribution in [2.45, 2.75) is 56.1 Å². The number of aromatic hydroxyl groups is 1. The summed E-state index contributed by atoms with van der Waals surface area (Å²) in [5.41, 5.74) is -0.655. The molecular weight excluding hydrogens is 619 g/mol. The topological polar surface area (TPSA) is 83.0 Å². The minimum absolute atomic E-state index is 0.0327. The normalized spacial score (nSPS) is 23.9. The molecule has 0 amide bonds. The van der Waals surface area contributed by atoms with Crippen LogP contribution >= 0.6 is 0 Å². The monoisotopic (exact) mass is 655 g/mol. The Hall–Kier alpha value is -4.11. The Labute approximate surface area is 276 Å². The molecule has 2 aliphatic carbocycles. The minimum Gasteiger partial charge on any atom is -0.508 e. The summed E-state index contributed by atoms with van der Waals surface area (Å²) in [6.45, 7) is 4.96. The number of hydrogen-bond donors (Lipinski definition) is 2. The Kier molecular flexibility index (Phi) is 6.84. The van der Waals surface area contributed by atoms with Gasteiger partial charge in [-0.3, -0.25) is 4.90 Å². The number of fused-ring (bicyclic) bond motifs is 4. The predicted octanol–water partition coefficient (Wildman–Crippen LogP) is 5.52. The summed E-state index contributed by atoms with van der Waals surface area (Å²) in [7, 11) is 0. The third-order valence-corrected chi connectivity index (χ3v) is 11.2. The number of ether oxygens (including phenoxy) is 2. The van der Waals surface area contributed by atoms with Gasteiger partial charge in [-0.15, -0.1) is 6.42 Å². The van der Waals surface area contributed by atoms with Gasteiger partial charge in [-0.2, -0.15) is 9.97 Å². The maximum Gasteiger partial charge on any atom is 0.319 e. The fourth-order valence-corrected chi connectivity index (χ4v) is 8.21. The number of phenols is 1. The van der Waals surface area contributed by atoms with Gasteiger partial charge in [-0.05, 0) is 68.2 Å². The second kappa shape index (κ2) is 11.0. The van der Waals surface area contributed by atoms with E-state index in [1.165, 1.54) is 30.3 Å². The van der Waals surface area contributed by atoms with Gasteiger partial charge in [0.25, 0.3) is 0 Å². The molecule has 3 saturated heterocycles. The second-order valence-corrected chi connectivity index (χ2v) is 14.5. The van der Waals surface area contributed by atoms with Crippen molar-refractivity contribution in [1.29, 1.82) is 0 Å². The van der Waals surface area contributed by atoms with Crippen molar-refractivity contribution in [3.8, 4) is 35.2 Å². The predicted molar refractivity (Wildman–Crippen MR) is 176 cm³/mol. The van der Waals surface area contributed by atoms with Crippen LogP contribution in [0.15, 0.2) is 30.3 Å². The van der Waals surface area contributed by atoms with Crippen LogP contribution in [0.4, 0.5) is 19.0 Å². The van der Waals surface area contributed by atoms with Crippen LogP contribution in [0.1, 0.15) is 44.1 Å². The molecule has 2 atom stereocenters. The van der Waals surface area contributed by atoms with E-state index in [0.717, 1.165) is 64.8 Å². The molecule has 2 bridgehead atoms. The van der Waals surface area contributed by atoms with Crippen LogP contribution in [-0.2, 0) is 4.74 Å². The van der Waals surface area contributed by atoms with Gasteiger partial charge < -0.3 is 24.8 Å². The van der Waals surface area contributed by atoms with Crippen LogP contribution in [0.25, 0.3) is 32.8 Å². The smallest absolute Gasteiger partial charge is 0.319 e. The summed E-state index contributed by atoms with van der Waals surface area (Å²) in [5, 5.41) is 14.9. The Morgan fingerprint density at radius 1 is 1.04 bits per heavy atom. The number of anilines is 1. The largest absolute Gasteiger partial charge is 0.508 e. The lowest BCUT2D eigenvalue weighted by atomic mass is 9.92. The Balaban J connectivity index is 1.14. The molecule has 4 heterocycles. The number of benzene rings is 3. The number of morpholine rings is 1. The maximum atomic E-state index is 16.9. The van der Waals surface area contributed by atoms with E-state index in [1.807, 2.05) is 0 Å². The van der Waals surface area contributed by atoms with Gasteiger partial charge >= 0.3 is 6.01 Å². The van der Waals surface area contributed by atoms with E-state index in [1.54, 1.807) is 0 Å². The van der Waals surface area contributed by atoms with Crippen LogP contribution in [-0.4, -0.2) is 83.6 Å². The molecule has 3 aromatic carbocycles. The number of rotatable bonds is 7. The van der Waals surface area contributed by atoms with Crippen molar-refractivity contribution in [3.05, 3.63) is 53.3 Å². The fourth-order valence-electron chi connectivity index (χ4n) is 8.21. The number of phenolic OH excluding ortho intramolecular Hbond substituents is 1. The standard InChI is InChI=1S/C37H36F3N5O3/c1-2-25-28(38)6-3-21-13-24(46)14-26(30(21)25)31-29(39)15-27-33(32(31)40)42-35(43-34(27)44-16-22-4-5-23(17-44)41-22)48-19-36(7-8-36)18-45-11-12-47-20-37(45)9-10-37/h1,3,6,13-15,22-23,41,46H,4-5,7-12,16-20H2. The van der Waals surface area contributed by atoms with Gasteiger partial charge in [0.05, 0.1) is 30.9 Å². The van der Waals surface area contributed by atoms with Gasteiger partial charge in [-0.25, -0.2) is 13.2 Å². The molecule has 5 aliphatic rings. The highest BCUT2D eigenvalue weighted by molar-refractivity contribution is 6.04. The summed E-state index contributed by atoms with van der Waals surface area (Å²) in [6.07, 6.45) is 12.0. The van der Waals surface area contributed by atoms with Gasteiger partial charge in [0.2, 0.25) is 0 Å². The molecule has 5 fully saturated rings. The Bertz CT molecular complexity index is 2010. The molecule has 2 unspecified atom stereocenters. The van der Waals surface area contributed by atoms with E-state index in [9.17, 15) is 9.50 Å². The molecule has 4 aromatic rings. The van der Waals surface area contributed by atoms with E-state index in [0.29, 0.717) is 30.9 Å². The zero-order valence-electron chi connectivity index (χ0n) is 26.5. The molecule has 2 N–H and O–H groups in total. The highest BCUT2D eigenvalue weighted by Crippen LogP contribution is 2.52. The molecular formula is C37H36F3N5O3. The number of nitrogens with one attached hydrogen (secondary N) is 1. The summed E-state index contributed by atoms with van der Waals surface area (Å²) in [5.74, 6) is -0.0506. The lowest BCUT2D eigenvalue weighted by Crippen LogP contribution is -2.51. The number of terminal acetylenes is 1. The van der Waals surface area contributed by atoms with Gasteiger partial charge in [0.15, 0.2) is 5.82 Å². The van der Waals surface area contributed by atoms with E-state index in [-0.39, 0.29) is 62.2 Å². The first kappa shape index (κ1) is 30.0. The van der Waals surface area contributed by atoms with Crippen molar-refractivity contribution >= 4 is 27.5 Å². The summed E-state index contributed by atoms with van der Waals surface area (Å²) in [4.78, 5) is 14.0. The summed E-state index contributed by atoms with van der Waals surface area (Å²) in [6, 6.07) is 6.96. The van der Waals surface area contributed by atoms with E-state index in [4.69, 9.17) is 20.9 Å². The van der Waals surface area contributed by atoms with Crippen LogP contribution in [0.3, 0.4) is 0 Å². The number of hydrogen-bond acceptors (Lipinski definition) is 8. The molecule has 9 rings (SSSR count). The average molecular weight is 656 g/mol. The molecule has 1 aromatic heterocycles. The summed E-state index contributed by atoms with van der Waals surface area (Å²) < 4.78 is 60.2.